The summed E-state index contributed by atoms with van der Waals surface area (Å²) >= 11 is 0. The summed E-state index contributed by atoms with van der Waals surface area (Å²) in [6.07, 6.45) is 0. The van der Waals surface area contributed by atoms with Crippen LogP contribution in [0, 0.1) is 0 Å². The van der Waals surface area contributed by atoms with Gasteiger partial charge in [-0.2, -0.15) is 4.31 Å². The van der Waals surface area contributed by atoms with E-state index in [0.29, 0.717) is 26.3 Å². The summed E-state index contributed by atoms with van der Waals surface area (Å²) in [6.45, 7) is 5.89. The standard InChI is InChI=1S/C19H28N2O5S/c1-19(2)14-21-17(15-6-4-5-7-16(15)19)12-20(13-18(21)22)27(23,24)11-10-26-9-8-25-3/h4-7,17H,8-14H2,1-3H3. The maximum atomic E-state index is 12.8. The van der Waals surface area contributed by atoms with Crippen LogP contribution in [0.15, 0.2) is 24.3 Å². The Balaban J connectivity index is 1.77. The Hall–Kier alpha value is -1.48. The summed E-state index contributed by atoms with van der Waals surface area (Å²) in [7, 11) is -2.00. The molecule has 0 aromatic heterocycles. The molecule has 1 atom stereocenters. The molecule has 0 aliphatic carbocycles. The molecule has 0 N–H and O–H groups in total. The van der Waals surface area contributed by atoms with Gasteiger partial charge in [0.25, 0.3) is 0 Å². The fraction of sp³-hybridized carbons (Fsp3) is 0.632. The van der Waals surface area contributed by atoms with Crippen LogP contribution in [0.25, 0.3) is 0 Å². The molecule has 0 spiro atoms. The van der Waals surface area contributed by atoms with E-state index in [1.807, 2.05) is 23.1 Å². The van der Waals surface area contributed by atoms with Gasteiger partial charge in [0.2, 0.25) is 15.9 Å². The maximum Gasteiger partial charge on any atom is 0.238 e. The molecular weight excluding hydrogens is 368 g/mol. The van der Waals surface area contributed by atoms with Gasteiger partial charge in [0.1, 0.15) is 0 Å². The molecule has 1 amide bonds. The molecule has 0 bridgehead atoms. The second kappa shape index (κ2) is 7.87. The third kappa shape index (κ3) is 4.18. The first kappa shape index (κ1) is 20.3. The van der Waals surface area contributed by atoms with Crippen molar-refractivity contribution in [3.05, 3.63) is 35.4 Å². The maximum absolute atomic E-state index is 12.8. The van der Waals surface area contributed by atoms with Crippen molar-refractivity contribution in [2.45, 2.75) is 25.3 Å². The van der Waals surface area contributed by atoms with Crippen molar-refractivity contribution < 1.29 is 22.7 Å². The highest BCUT2D eigenvalue weighted by atomic mass is 32.2. The molecule has 1 unspecified atom stereocenters. The quantitative estimate of drug-likeness (QED) is 0.647. The Bertz CT molecular complexity index is 793. The first-order chi connectivity index (χ1) is 12.8. The van der Waals surface area contributed by atoms with E-state index in [-0.39, 0.29) is 36.3 Å². The molecule has 1 saturated heterocycles. The molecule has 1 aromatic carbocycles. The van der Waals surface area contributed by atoms with Crippen LogP contribution in [0.3, 0.4) is 0 Å². The number of nitrogens with zero attached hydrogens (tertiary/aromatic N) is 2. The number of rotatable bonds is 7. The van der Waals surface area contributed by atoms with Crippen molar-refractivity contribution in [3.8, 4) is 0 Å². The minimum atomic E-state index is -3.57. The summed E-state index contributed by atoms with van der Waals surface area (Å²) in [4.78, 5) is 14.6. The van der Waals surface area contributed by atoms with Gasteiger partial charge in [0, 0.05) is 25.6 Å². The summed E-state index contributed by atoms with van der Waals surface area (Å²) in [5.74, 6) is -0.276. The van der Waals surface area contributed by atoms with Crippen molar-refractivity contribution in [3.63, 3.8) is 0 Å². The Morgan fingerprint density at radius 3 is 2.67 bits per heavy atom. The fourth-order valence-corrected chi connectivity index (χ4v) is 5.16. The number of piperazine rings is 1. The van der Waals surface area contributed by atoms with Crippen molar-refractivity contribution >= 4 is 15.9 Å². The van der Waals surface area contributed by atoms with E-state index in [9.17, 15) is 13.2 Å². The number of ether oxygens (including phenoxy) is 2. The highest BCUT2D eigenvalue weighted by Gasteiger charge is 2.45. The zero-order valence-corrected chi connectivity index (χ0v) is 17.0. The Kier molecular flexibility index (Phi) is 5.90. The van der Waals surface area contributed by atoms with Crippen LogP contribution in [-0.4, -0.2) is 75.8 Å². The highest BCUT2D eigenvalue weighted by Crippen LogP contribution is 2.41. The number of fused-ring (bicyclic) bond motifs is 3. The number of hydrogen-bond acceptors (Lipinski definition) is 5. The van der Waals surface area contributed by atoms with Gasteiger partial charge in [-0.05, 0) is 11.1 Å². The first-order valence-corrected chi connectivity index (χ1v) is 10.8. The number of benzene rings is 1. The predicted octanol–water partition coefficient (Wildman–Crippen LogP) is 1.16. The van der Waals surface area contributed by atoms with Gasteiger partial charge in [-0.3, -0.25) is 4.79 Å². The van der Waals surface area contributed by atoms with E-state index in [1.165, 1.54) is 9.87 Å². The third-order valence-corrected chi connectivity index (χ3v) is 7.06. The summed E-state index contributed by atoms with van der Waals surface area (Å²) < 4.78 is 36.9. The lowest BCUT2D eigenvalue weighted by atomic mass is 9.75. The topological polar surface area (TPSA) is 76.1 Å². The molecule has 27 heavy (non-hydrogen) atoms. The van der Waals surface area contributed by atoms with Gasteiger partial charge >= 0.3 is 0 Å². The van der Waals surface area contributed by atoms with Gasteiger partial charge in [-0.1, -0.05) is 38.1 Å². The molecule has 1 fully saturated rings. The lowest BCUT2D eigenvalue weighted by Crippen LogP contribution is -2.59. The van der Waals surface area contributed by atoms with Crippen LogP contribution in [-0.2, 0) is 29.7 Å². The van der Waals surface area contributed by atoms with Gasteiger partial charge in [0.05, 0.1) is 38.2 Å². The molecule has 2 aliphatic rings. The number of methoxy groups -OCH3 is 1. The molecule has 0 radical (unpaired) electrons. The first-order valence-electron chi connectivity index (χ1n) is 9.19. The third-order valence-electron chi connectivity index (χ3n) is 5.31. The SMILES string of the molecule is COCCOCCS(=O)(=O)N1CC(=O)N2CC(C)(C)c3ccccc3C2C1. The van der Waals surface area contributed by atoms with E-state index in [1.54, 1.807) is 7.11 Å². The summed E-state index contributed by atoms with van der Waals surface area (Å²) in [5, 5.41) is 0. The van der Waals surface area contributed by atoms with Crippen molar-refractivity contribution in [1.29, 1.82) is 0 Å². The lowest BCUT2D eigenvalue weighted by Gasteiger charge is -2.49. The lowest BCUT2D eigenvalue weighted by molar-refractivity contribution is -0.139. The van der Waals surface area contributed by atoms with Gasteiger partial charge in [-0.15, -0.1) is 0 Å². The number of sulfonamides is 1. The molecule has 1 aromatic rings. The number of hydrogen-bond donors (Lipinski definition) is 0. The second-order valence-electron chi connectivity index (χ2n) is 7.72. The van der Waals surface area contributed by atoms with E-state index < -0.39 is 10.0 Å². The Labute approximate surface area is 161 Å². The summed E-state index contributed by atoms with van der Waals surface area (Å²) in [5.41, 5.74) is 2.07. The number of amides is 1. The van der Waals surface area contributed by atoms with Crippen molar-refractivity contribution in [1.82, 2.24) is 9.21 Å². The predicted molar refractivity (Wildman–Crippen MR) is 102 cm³/mol. The van der Waals surface area contributed by atoms with Crippen LogP contribution in [0.4, 0.5) is 0 Å². The van der Waals surface area contributed by atoms with E-state index >= 15 is 0 Å². The molecule has 2 heterocycles. The van der Waals surface area contributed by atoms with Crippen LogP contribution in [0.2, 0.25) is 0 Å². The normalized spacial score (nSPS) is 22.4. The molecular formula is C19H28N2O5S. The van der Waals surface area contributed by atoms with Crippen molar-refractivity contribution in [2.75, 3.05) is 52.3 Å². The minimum absolute atomic E-state index is 0.0916. The van der Waals surface area contributed by atoms with Gasteiger partial charge < -0.3 is 14.4 Å². The molecule has 150 valence electrons. The van der Waals surface area contributed by atoms with E-state index in [4.69, 9.17) is 9.47 Å². The average molecular weight is 397 g/mol. The zero-order valence-electron chi connectivity index (χ0n) is 16.2. The van der Waals surface area contributed by atoms with Crippen LogP contribution < -0.4 is 0 Å². The average Bonchev–Trinajstić information content (AvgIpc) is 2.62. The van der Waals surface area contributed by atoms with Crippen LogP contribution >= 0.6 is 0 Å². The monoisotopic (exact) mass is 396 g/mol. The second-order valence-corrected chi connectivity index (χ2v) is 9.81. The van der Waals surface area contributed by atoms with Crippen LogP contribution in [0.5, 0.6) is 0 Å². The minimum Gasteiger partial charge on any atom is -0.382 e. The zero-order chi connectivity index (χ0) is 19.7. The number of carbonyl (C=O) groups is 1. The largest absolute Gasteiger partial charge is 0.382 e. The summed E-state index contributed by atoms with van der Waals surface area (Å²) in [6, 6.07) is 7.78. The smallest absolute Gasteiger partial charge is 0.238 e. The number of carbonyl (C=O) groups excluding carboxylic acids is 1. The Morgan fingerprint density at radius 1 is 1.19 bits per heavy atom. The molecule has 3 rings (SSSR count). The molecule has 7 nitrogen and oxygen atoms in total. The van der Waals surface area contributed by atoms with Crippen molar-refractivity contribution in [2.24, 2.45) is 0 Å². The highest BCUT2D eigenvalue weighted by molar-refractivity contribution is 7.89. The van der Waals surface area contributed by atoms with Gasteiger partial charge in [0.15, 0.2) is 0 Å². The molecule has 0 saturated carbocycles. The van der Waals surface area contributed by atoms with Crippen LogP contribution in [0.1, 0.15) is 31.0 Å². The Morgan fingerprint density at radius 2 is 1.93 bits per heavy atom. The van der Waals surface area contributed by atoms with E-state index in [2.05, 4.69) is 19.9 Å². The molecule has 2 aliphatic heterocycles. The fourth-order valence-electron chi connectivity index (χ4n) is 3.90. The van der Waals surface area contributed by atoms with Gasteiger partial charge in [-0.25, -0.2) is 8.42 Å². The van der Waals surface area contributed by atoms with E-state index in [0.717, 1.165) is 5.56 Å². The molecule has 8 heteroatoms.